The van der Waals surface area contributed by atoms with Gasteiger partial charge in [0.25, 0.3) is 10.0 Å². The number of sulfonamides is 1. The van der Waals surface area contributed by atoms with Crippen LogP contribution in [0, 0.1) is 0 Å². The number of rotatable bonds is 4. The molecule has 0 saturated carbocycles. The Kier molecular flexibility index (Phi) is 4.36. The molecule has 0 aliphatic rings. The molecule has 0 saturated heterocycles. The zero-order valence-corrected chi connectivity index (χ0v) is 13.9. The third-order valence-electron chi connectivity index (χ3n) is 2.63. The van der Waals surface area contributed by atoms with Crippen LogP contribution in [-0.4, -0.2) is 23.4 Å². The number of hydrogen-bond donors (Lipinski definition) is 1. The summed E-state index contributed by atoms with van der Waals surface area (Å²) in [5, 5.41) is 6.96. The standard InChI is InChI=1S/C11H12BrClN4O2S/c1-7(13)8-5-3-4-6-9(8)15-20(18,19)11-10(12)14-16-17(11)2/h3-7,15H,1-2H3. The van der Waals surface area contributed by atoms with Gasteiger partial charge in [-0.05, 0) is 34.5 Å². The molecule has 1 aromatic heterocycles. The van der Waals surface area contributed by atoms with Gasteiger partial charge in [-0.2, -0.15) is 8.42 Å². The number of benzene rings is 1. The maximum Gasteiger partial charge on any atom is 0.281 e. The second-order valence-corrected chi connectivity index (χ2v) is 7.12. The summed E-state index contributed by atoms with van der Waals surface area (Å²) in [5.74, 6) is 0. The Bertz CT molecular complexity index is 710. The molecule has 0 spiro atoms. The van der Waals surface area contributed by atoms with E-state index in [1.165, 1.54) is 11.7 Å². The second kappa shape index (κ2) is 5.71. The number of nitrogens with zero attached hydrogens (tertiary/aromatic N) is 3. The van der Waals surface area contributed by atoms with Gasteiger partial charge in [0.2, 0.25) is 5.03 Å². The van der Waals surface area contributed by atoms with Gasteiger partial charge in [-0.25, -0.2) is 4.68 Å². The van der Waals surface area contributed by atoms with Gasteiger partial charge in [0, 0.05) is 7.05 Å². The van der Waals surface area contributed by atoms with Crippen LogP contribution in [0.1, 0.15) is 17.9 Å². The number of nitrogens with one attached hydrogen (secondary N) is 1. The lowest BCUT2D eigenvalue weighted by Gasteiger charge is -2.13. The van der Waals surface area contributed by atoms with Crippen molar-refractivity contribution in [2.24, 2.45) is 7.05 Å². The molecule has 1 aromatic carbocycles. The van der Waals surface area contributed by atoms with E-state index in [9.17, 15) is 8.42 Å². The number of aromatic nitrogens is 3. The van der Waals surface area contributed by atoms with Gasteiger partial charge < -0.3 is 0 Å². The van der Waals surface area contributed by atoms with Crippen LogP contribution >= 0.6 is 27.5 Å². The predicted octanol–water partition coefficient (Wildman–Crippen LogP) is 2.68. The minimum atomic E-state index is -3.80. The molecule has 0 bridgehead atoms. The van der Waals surface area contributed by atoms with Crippen molar-refractivity contribution in [3.63, 3.8) is 0 Å². The Morgan fingerprint density at radius 1 is 1.40 bits per heavy atom. The quantitative estimate of drug-likeness (QED) is 0.829. The number of anilines is 1. The zero-order valence-electron chi connectivity index (χ0n) is 10.7. The molecule has 1 heterocycles. The highest BCUT2D eigenvalue weighted by Crippen LogP contribution is 2.29. The molecule has 9 heteroatoms. The highest BCUT2D eigenvalue weighted by molar-refractivity contribution is 9.10. The van der Waals surface area contributed by atoms with Crippen molar-refractivity contribution in [3.8, 4) is 0 Å². The summed E-state index contributed by atoms with van der Waals surface area (Å²) < 4.78 is 28.6. The van der Waals surface area contributed by atoms with Crippen molar-refractivity contribution in [2.45, 2.75) is 17.3 Å². The topological polar surface area (TPSA) is 76.9 Å². The van der Waals surface area contributed by atoms with Gasteiger partial charge in [-0.1, -0.05) is 23.4 Å². The number of para-hydroxylation sites is 1. The molecular weight excluding hydrogens is 368 g/mol. The normalized spacial score (nSPS) is 13.2. The molecule has 20 heavy (non-hydrogen) atoms. The van der Waals surface area contributed by atoms with Crippen molar-refractivity contribution in [1.29, 1.82) is 0 Å². The van der Waals surface area contributed by atoms with E-state index in [1.807, 2.05) is 0 Å². The first-order valence-corrected chi connectivity index (χ1v) is 8.35. The molecule has 1 unspecified atom stereocenters. The Hall–Kier alpha value is -1.12. The van der Waals surface area contributed by atoms with E-state index in [0.717, 1.165) is 0 Å². The van der Waals surface area contributed by atoms with E-state index < -0.39 is 10.0 Å². The van der Waals surface area contributed by atoms with E-state index in [2.05, 4.69) is 31.0 Å². The lowest BCUT2D eigenvalue weighted by molar-refractivity contribution is 0.578. The highest BCUT2D eigenvalue weighted by atomic mass is 79.9. The van der Waals surface area contributed by atoms with Crippen LogP contribution in [0.4, 0.5) is 5.69 Å². The SMILES string of the molecule is CC(Cl)c1ccccc1NS(=O)(=O)c1c(Br)nnn1C. The lowest BCUT2D eigenvalue weighted by Crippen LogP contribution is -2.18. The van der Waals surface area contributed by atoms with E-state index >= 15 is 0 Å². The summed E-state index contributed by atoms with van der Waals surface area (Å²) in [6.45, 7) is 1.77. The van der Waals surface area contributed by atoms with Crippen LogP contribution in [0.5, 0.6) is 0 Å². The summed E-state index contributed by atoms with van der Waals surface area (Å²) in [4.78, 5) is 0. The molecule has 2 aromatic rings. The summed E-state index contributed by atoms with van der Waals surface area (Å²) in [5.41, 5.74) is 1.13. The molecule has 0 amide bonds. The number of aryl methyl sites for hydroxylation is 1. The average molecular weight is 380 g/mol. The van der Waals surface area contributed by atoms with Crippen LogP contribution in [0.3, 0.4) is 0 Å². The monoisotopic (exact) mass is 378 g/mol. The fourth-order valence-electron chi connectivity index (χ4n) is 1.74. The number of hydrogen-bond acceptors (Lipinski definition) is 4. The van der Waals surface area contributed by atoms with Crippen LogP contribution in [-0.2, 0) is 17.1 Å². The Balaban J connectivity index is 2.45. The highest BCUT2D eigenvalue weighted by Gasteiger charge is 2.25. The fourth-order valence-corrected chi connectivity index (χ4v) is 4.11. The molecular formula is C11H12BrClN4O2S. The van der Waals surface area contributed by atoms with Crippen LogP contribution in [0.15, 0.2) is 33.9 Å². The molecule has 6 nitrogen and oxygen atoms in total. The van der Waals surface area contributed by atoms with E-state index in [0.29, 0.717) is 11.3 Å². The molecule has 108 valence electrons. The minimum Gasteiger partial charge on any atom is -0.278 e. The summed E-state index contributed by atoms with van der Waals surface area (Å²) in [6, 6.07) is 6.96. The lowest BCUT2D eigenvalue weighted by atomic mass is 10.1. The summed E-state index contributed by atoms with van der Waals surface area (Å²) >= 11 is 9.12. The third-order valence-corrected chi connectivity index (χ3v) is 5.11. The van der Waals surface area contributed by atoms with E-state index in [1.54, 1.807) is 31.2 Å². The van der Waals surface area contributed by atoms with Gasteiger partial charge >= 0.3 is 0 Å². The summed E-state index contributed by atoms with van der Waals surface area (Å²) in [6.07, 6.45) is 0. The molecule has 1 N–H and O–H groups in total. The molecule has 2 rings (SSSR count). The van der Waals surface area contributed by atoms with Gasteiger partial charge in [0.15, 0.2) is 4.60 Å². The van der Waals surface area contributed by atoms with Crippen molar-refractivity contribution in [2.75, 3.05) is 4.72 Å². The van der Waals surface area contributed by atoms with E-state index in [-0.39, 0.29) is 15.0 Å². The summed E-state index contributed by atoms with van der Waals surface area (Å²) in [7, 11) is -2.30. The van der Waals surface area contributed by atoms with Crippen LogP contribution in [0.25, 0.3) is 0 Å². The molecule has 0 aliphatic heterocycles. The Morgan fingerprint density at radius 3 is 2.60 bits per heavy atom. The van der Waals surface area contributed by atoms with Gasteiger partial charge in [-0.3, -0.25) is 4.72 Å². The molecule has 0 aliphatic carbocycles. The van der Waals surface area contributed by atoms with Crippen molar-refractivity contribution in [1.82, 2.24) is 15.0 Å². The number of alkyl halides is 1. The zero-order chi connectivity index (χ0) is 14.9. The first-order chi connectivity index (χ1) is 9.33. The number of halogens is 2. The van der Waals surface area contributed by atoms with Crippen molar-refractivity contribution >= 4 is 43.2 Å². The Labute approximate surface area is 130 Å². The van der Waals surface area contributed by atoms with E-state index in [4.69, 9.17) is 11.6 Å². The largest absolute Gasteiger partial charge is 0.281 e. The molecule has 1 atom stereocenters. The van der Waals surface area contributed by atoms with Gasteiger partial charge in [0.1, 0.15) is 0 Å². The van der Waals surface area contributed by atoms with Crippen LogP contribution in [0.2, 0.25) is 0 Å². The fraction of sp³-hybridized carbons (Fsp3) is 0.273. The van der Waals surface area contributed by atoms with Crippen LogP contribution < -0.4 is 4.72 Å². The van der Waals surface area contributed by atoms with Gasteiger partial charge in [-0.15, -0.1) is 16.7 Å². The molecule has 0 radical (unpaired) electrons. The average Bonchev–Trinajstić information content (AvgIpc) is 2.69. The first kappa shape index (κ1) is 15.3. The maximum absolute atomic E-state index is 12.4. The predicted molar refractivity (Wildman–Crippen MR) is 80.2 cm³/mol. The van der Waals surface area contributed by atoms with Gasteiger partial charge in [0.05, 0.1) is 11.1 Å². The first-order valence-electron chi connectivity index (χ1n) is 5.64. The Morgan fingerprint density at radius 2 is 2.05 bits per heavy atom. The third kappa shape index (κ3) is 2.97. The van der Waals surface area contributed by atoms with Crippen molar-refractivity contribution < 1.29 is 8.42 Å². The maximum atomic E-state index is 12.4. The minimum absolute atomic E-state index is 0.0467. The molecule has 0 fully saturated rings. The van der Waals surface area contributed by atoms with Crippen molar-refractivity contribution in [3.05, 3.63) is 34.4 Å². The second-order valence-electron chi connectivity index (χ2n) is 4.12. The smallest absolute Gasteiger partial charge is 0.278 e.